The minimum Gasteiger partial charge on any atom is -0.480 e. The van der Waals surface area contributed by atoms with Crippen LogP contribution in [0.15, 0.2) is 29.6 Å². The predicted octanol–water partition coefficient (Wildman–Crippen LogP) is 3.24. The summed E-state index contributed by atoms with van der Waals surface area (Å²) in [7, 11) is 0. The fourth-order valence-corrected chi connectivity index (χ4v) is 2.77. The summed E-state index contributed by atoms with van der Waals surface area (Å²) >= 11 is 1.69. The van der Waals surface area contributed by atoms with Gasteiger partial charge in [0, 0.05) is 11.2 Å². The van der Waals surface area contributed by atoms with Gasteiger partial charge < -0.3 is 5.11 Å². The number of carboxylic acid groups (broad SMARTS) is 1. The minimum absolute atomic E-state index is 0.560. The zero-order valence-electron chi connectivity index (χ0n) is 10.6. The third kappa shape index (κ3) is 2.40. The first-order valence-corrected chi connectivity index (χ1v) is 6.88. The maximum Gasteiger partial charge on any atom is 0.323 e. The molecule has 1 unspecified atom stereocenters. The second-order valence-corrected chi connectivity index (χ2v) is 5.51. The normalized spacial score (nSPS) is 14.6. The molecule has 1 heterocycles. The molecule has 96 valence electrons. The number of carboxylic acids is 1. The predicted molar refractivity (Wildman–Crippen MR) is 75.0 cm³/mol. The van der Waals surface area contributed by atoms with Gasteiger partial charge >= 0.3 is 5.97 Å². The summed E-state index contributed by atoms with van der Waals surface area (Å²) < 4.78 is 1.24. The fraction of sp³-hybridized carbons (Fsp3) is 0.357. The highest BCUT2D eigenvalue weighted by Gasteiger charge is 2.30. The van der Waals surface area contributed by atoms with Crippen LogP contribution in [0.4, 0.5) is 0 Å². The Morgan fingerprint density at radius 3 is 2.83 bits per heavy atom. The van der Waals surface area contributed by atoms with Gasteiger partial charge in [0.05, 0.1) is 0 Å². The van der Waals surface area contributed by atoms with E-state index in [1.807, 2.05) is 19.1 Å². The lowest BCUT2D eigenvalue weighted by molar-refractivity contribution is -0.144. The van der Waals surface area contributed by atoms with E-state index in [0.717, 1.165) is 5.56 Å². The van der Waals surface area contributed by atoms with E-state index in [9.17, 15) is 9.90 Å². The van der Waals surface area contributed by atoms with Crippen molar-refractivity contribution in [1.82, 2.24) is 5.32 Å². The first-order chi connectivity index (χ1) is 8.57. The van der Waals surface area contributed by atoms with Crippen molar-refractivity contribution in [3.05, 3.63) is 35.2 Å². The zero-order chi connectivity index (χ0) is 13.2. The van der Waals surface area contributed by atoms with Crippen molar-refractivity contribution >= 4 is 27.4 Å². The van der Waals surface area contributed by atoms with Gasteiger partial charge in [-0.05, 0) is 35.7 Å². The largest absolute Gasteiger partial charge is 0.480 e. The quantitative estimate of drug-likeness (QED) is 0.870. The smallest absolute Gasteiger partial charge is 0.323 e. The molecule has 2 aromatic rings. The van der Waals surface area contributed by atoms with Gasteiger partial charge in [-0.15, -0.1) is 11.3 Å². The van der Waals surface area contributed by atoms with Crippen molar-refractivity contribution in [2.75, 3.05) is 0 Å². The number of fused-ring (bicyclic) bond motifs is 1. The Labute approximate surface area is 110 Å². The van der Waals surface area contributed by atoms with Crippen molar-refractivity contribution in [1.29, 1.82) is 0 Å². The Bertz CT molecular complexity index is 564. The number of rotatable bonds is 5. The highest BCUT2D eigenvalue weighted by molar-refractivity contribution is 7.17. The molecule has 1 atom stereocenters. The molecule has 0 aliphatic carbocycles. The number of aliphatic carboxylic acids is 1. The SMILES string of the molecule is CCC(C)(NCc1csc2ccccc12)C(=O)O. The van der Waals surface area contributed by atoms with Gasteiger partial charge in [-0.1, -0.05) is 25.1 Å². The van der Waals surface area contributed by atoms with Crippen LogP contribution in [0, 0.1) is 0 Å². The maximum absolute atomic E-state index is 11.2. The van der Waals surface area contributed by atoms with Crippen molar-refractivity contribution in [2.24, 2.45) is 0 Å². The Kier molecular flexibility index (Phi) is 3.68. The van der Waals surface area contributed by atoms with E-state index in [4.69, 9.17) is 0 Å². The first kappa shape index (κ1) is 13.1. The summed E-state index contributed by atoms with van der Waals surface area (Å²) in [5.41, 5.74) is 0.305. The lowest BCUT2D eigenvalue weighted by Gasteiger charge is -2.24. The minimum atomic E-state index is -0.858. The molecule has 0 saturated heterocycles. The highest BCUT2D eigenvalue weighted by atomic mass is 32.1. The molecule has 3 nitrogen and oxygen atoms in total. The second kappa shape index (κ2) is 5.08. The average molecular weight is 263 g/mol. The average Bonchev–Trinajstić information content (AvgIpc) is 2.79. The lowest BCUT2D eigenvalue weighted by Crippen LogP contribution is -2.48. The van der Waals surface area contributed by atoms with Gasteiger partial charge in [-0.25, -0.2) is 0 Å². The van der Waals surface area contributed by atoms with E-state index in [1.165, 1.54) is 10.1 Å². The van der Waals surface area contributed by atoms with Crippen molar-refractivity contribution in [2.45, 2.75) is 32.4 Å². The molecule has 1 aromatic heterocycles. The standard InChI is InChI=1S/C14H17NO2S/c1-3-14(2,13(16)17)15-8-10-9-18-12-7-5-4-6-11(10)12/h4-7,9,15H,3,8H2,1-2H3,(H,16,17). The molecule has 1 aromatic carbocycles. The van der Waals surface area contributed by atoms with Gasteiger partial charge in [0.15, 0.2) is 0 Å². The lowest BCUT2D eigenvalue weighted by atomic mass is 9.99. The van der Waals surface area contributed by atoms with Crippen LogP contribution in [-0.2, 0) is 11.3 Å². The third-order valence-corrected chi connectivity index (χ3v) is 4.42. The van der Waals surface area contributed by atoms with Crippen LogP contribution in [0.3, 0.4) is 0 Å². The fourth-order valence-electron chi connectivity index (χ4n) is 1.81. The summed E-state index contributed by atoms with van der Waals surface area (Å²) in [6, 6.07) is 8.19. The molecule has 2 N–H and O–H groups in total. The molecular weight excluding hydrogens is 246 g/mol. The maximum atomic E-state index is 11.2. The second-order valence-electron chi connectivity index (χ2n) is 4.60. The molecule has 0 spiro atoms. The van der Waals surface area contributed by atoms with Crippen LogP contribution >= 0.6 is 11.3 Å². The van der Waals surface area contributed by atoms with Crippen LogP contribution in [0.1, 0.15) is 25.8 Å². The van der Waals surface area contributed by atoms with Gasteiger partial charge in [0.2, 0.25) is 0 Å². The molecule has 2 rings (SSSR count). The number of thiophene rings is 1. The van der Waals surface area contributed by atoms with Crippen molar-refractivity contribution < 1.29 is 9.90 Å². The number of benzene rings is 1. The Balaban J connectivity index is 2.17. The van der Waals surface area contributed by atoms with Crippen molar-refractivity contribution in [3.8, 4) is 0 Å². The van der Waals surface area contributed by atoms with E-state index >= 15 is 0 Å². The number of carbonyl (C=O) groups is 1. The topological polar surface area (TPSA) is 49.3 Å². The van der Waals surface area contributed by atoms with Crippen LogP contribution < -0.4 is 5.32 Å². The van der Waals surface area contributed by atoms with Crippen molar-refractivity contribution in [3.63, 3.8) is 0 Å². The molecule has 18 heavy (non-hydrogen) atoms. The summed E-state index contributed by atoms with van der Waals surface area (Å²) in [4.78, 5) is 11.2. The van der Waals surface area contributed by atoms with Crippen LogP contribution in [-0.4, -0.2) is 16.6 Å². The van der Waals surface area contributed by atoms with Crippen LogP contribution in [0.25, 0.3) is 10.1 Å². The molecular formula is C14H17NO2S. The van der Waals surface area contributed by atoms with Gasteiger partial charge in [0.1, 0.15) is 5.54 Å². The Morgan fingerprint density at radius 1 is 1.44 bits per heavy atom. The summed E-state index contributed by atoms with van der Waals surface area (Å²) in [5, 5.41) is 15.7. The first-order valence-electron chi connectivity index (χ1n) is 6.00. The number of nitrogens with one attached hydrogen (secondary N) is 1. The van der Waals surface area contributed by atoms with Gasteiger partial charge in [0.25, 0.3) is 0 Å². The van der Waals surface area contributed by atoms with E-state index < -0.39 is 11.5 Å². The van der Waals surface area contributed by atoms with Gasteiger partial charge in [-0.2, -0.15) is 0 Å². The van der Waals surface area contributed by atoms with Crippen LogP contribution in [0.2, 0.25) is 0 Å². The monoisotopic (exact) mass is 263 g/mol. The molecule has 0 saturated carbocycles. The van der Waals surface area contributed by atoms with E-state index in [1.54, 1.807) is 18.3 Å². The van der Waals surface area contributed by atoms with Gasteiger partial charge in [-0.3, -0.25) is 10.1 Å². The Hall–Kier alpha value is -1.39. The van der Waals surface area contributed by atoms with E-state index in [0.29, 0.717) is 13.0 Å². The van der Waals surface area contributed by atoms with E-state index in [-0.39, 0.29) is 0 Å². The number of hydrogen-bond donors (Lipinski definition) is 2. The molecule has 0 radical (unpaired) electrons. The molecule has 0 aliphatic heterocycles. The molecule has 0 aliphatic rings. The molecule has 0 bridgehead atoms. The molecule has 4 heteroatoms. The Morgan fingerprint density at radius 2 is 2.17 bits per heavy atom. The van der Waals surface area contributed by atoms with E-state index in [2.05, 4.69) is 22.8 Å². The molecule has 0 fully saturated rings. The van der Waals surface area contributed by atoms with Crippen LogP contribution in [0.5, 0.6) is 0 Å². The summed E-state index contributed by atoms with van der Waals surface area (Å²) in [6.45, 7) is 4.19. The third-order valence-electron chi connectivity index (χ3n) is 3.41. The summed E-state index contributed by atoms with van der Waals surface area (Å²) in [5.74, 6) is -0.801. The zero-order valence-corrected chi connectivity index (χ0v) is 11.4. The summed E-state index contributed by atoms with van der Waals surface area (Å²) in [6.07, 6.45) is 0.560. The molecule has 0 amide bonds. The number of hydrogen-bond acceptors (Lipinski definition) is 3. The highest BCUT2D eigenvalue weighted by Crippen LogP contribution is 2.26.